The second kappa shape index (κ2) is 7.07. The molecule has 1 aliphatic heterocycles. The van der Waals surface area contributed by atoms with Gasteiger partial charge in [0.1, 0.15) is 0 Å². The predicted molar refractivity (Wildman–Crippen MR) is 98.4 cm³/mol. The first kappa shape index (κ1) is 15.3. The molecule has 0 amide bonds. The molecule has 0 atom stereocenters. The van der Waals surface area contributed by atoms with Crippen LogP contribution in [-0.2, 0) is 0 Å². The largest absolute Gasteiger partial charge is 0.360 e. The minimum absolute atomic E-state index is 0.484. The lowest BCUT2D eigenvalue weighted by molar-refractivity contribution is 0.216. The van der Waals surface area contributed by atoms with Gasteiger partial charge in [-0.25, -0.2) is 0 Å². The zero-order valence-corrected chi connectivity index (χ0v) is 13.8. The molecule has 0 radical (unpaired) electrons. The Balaban J connectivity index is 1.62. The fraction of sp³-hybridized carbons (Fsp3) is 0.389. The van der Waals surface area contributed by atoms with Crippen molar-refractivity contribution in [3.63, 3.8) is 0 Å². The number of piperidine rings is 1. The van der Waals surface area contributed by atoms with Gasteiger partial charge in [-0.15, -0.1) is 0 Å². The minimum Gasteiger partial charge on any atom is -0.360 e. The number of hydrogen-bond acceptors (Lipinski definition) is 2. The third-order valence-electron chi connectivity index (χ3n) is 4.41. The van der Waals surface area contributed by atoms with Gasteiger partial charge in [0.15, 0.2) is 5.11 Å². The van der Waals surface area contributed by atoms with E-state index >= 15 is 0 Å². The summed E-state index contributed by atoms with van der Waals surface area (Å²) in [5.41, 5.74) is 1.07. The van der Waals surface area contributed by atoms with Gasteiger partial charge < -0.3 is 15.5 Å². The second-order valence-electron chi connectivity index (χ2n) is 5.83. The molecule has 1 fully saturated rings. The molecule has 3 nitrogen and oxygen atoms in total. The average molecular weight is 313 g/mol. The van der Waals surface area contributed by atoms with Crippen molar-refractivity contribution in [2.24, 2.45) is 0 Å². The summed E-state index contributed by atoms with van der Waals surface area (Å²) in [4.78, 5) is 2.49. The van der Waals surface area contributed by atoms with Crippen molar-refractivity contribution < 1.29 is 0 Å². The normalized spacial score (nSPS) is 16.6. The number of nitrogens with zero attached hydrogens (tertiary/aromatic N) is 1. The number of fused-ring (bicyclic) bond motifs is 1. The molecule has 1 saturated heterocycles. The van der Waals surface area contributed by atoms with Crippen LogP contribution in [0.3, 0.4) is 0 Å². The summed E-state index contributed by atoms with van der Waals surface area (Å²) in [7, 11) is 0. The van der Waals surface area contributed by atoms with Crippen LogP contribution in [0.15, 0.2) is 42.5 Å². The molecular formula is C18H23N3S. The maximum atomic E-state index is 5.50. The van der Waals surface area contributed by atoms with E-state index in [1.54, 1.807) is 0 Å². The van der Waals surface area contributed by atoms with Crippen LogP contribution in [0.25, 0.3) is 10.8 Å². The van der Waals surface area contributed by atoms with E-state index in [1.807, 2.05) is 0 Å². The molecule has 2 aromatic carbocycles. The fourth-order valence-corrected chi connectivity index (χ4v) is 3.35. The van der Waals surface area contributed by atoms with Crippen molar-refractivity contribution in [3.8, 4) is 0 Å². The number of nitrogens with one attached hydrogen (secondary N) is 2. The van der Waals surface area contributed by atoms with Gasteiger partial charge in [-0.1, -0.05) is 43.3 Å². The summed E-state index contributed by atoms with van der Waals surface area (Å²) in [5.74, 6) is 0. The highest BCUT2D eigenvalue weighted by atomic mass is 32.1. The van der Waals surface area contributed by atoms with E-state index in [1.165, 1.54) is 10.8 Å². The highest BCUT2D eigenvalue weighted by molar-refractivity contribution is 7.80. The Kier molecular flexibility index (Phi) is 4.90. The lowest BCUT2D eigenvalue weighted by atomic mass is 10.1. The summed E-state index contributed by atoms with van der Waals surface area (Å²) in [6.45, 7) is 5.68. The number of hydrogen-bond donors (Lipinski definition) is 2. The number of benzene rings is 2. The number of anilines is 1. The molecule has 22 heavy (non-hydrogen) atoms. The third-order valence-corrected chi connectivity index (χ3v) is 4.63. The quantitative estimate of drug-likeness (QED) is 0.847. The molecule has 1 heterocycles. The van der Waals surface area contributed by atoms with Crippen LogP contribution >= 0.6 is 12.2 Å². The number of thiocarbonyl (C=S) groups is 1. The molecule has 2 N–H and O–H groups in total. The van der Waals surface area contributed by atoms with Gasteiger partial charge in [0.05, 0.1) is 0 Å². The highest BCUT2D eigenvalue weighted by Gasteiger charge is 2.18. The first-order valence-corrected chi connectivity index (χ1v) is 8.44. The van der Waals surface area contributed by atoms with Gasteiger partial charge >= 0.3 is 0 Å². The third kappa shape index (κ3) is 3.57. The van der Waals surface area contributed by atoms with Gasteiger partial charge in [-0.2, -0.15) is 0 Å². The molecule has 0 bridgehead atoms. The molecule has 1 aliphatic rings. The highest BCUT2D eigenvalue weighted by Crippen LogP contribution is 2.23. The van der Waals surface area contributed by atoms with Crippen LogP contribution in [0.1, 0.15) is 19.8 Å². The molecule has 0 aromatic heterocycles. The molecule has 0 spiro atoms. The lowest BCUT2D eigenvalue weighted by Gasteiger charge is -2.32. The van der Waals surface area contributed by atoms with E-state index < -0.39 is 0 Å². The van der Waals surface area contributed by atoms with Crippen LogP contribution in [0.5, 0.6) is 0 Å². The van der Waals surface area contributed by atoms with Crippen molar-refractivity contribution >= 4 is 33.8 Å². The summed E-state index contributed by atoms with van der Waals surface area (Å²) >= 11 is 5.50. The van der Waals surface area contributed by atoms with Crippen LogP contribution in [0.2, 0.25) is 0 Å². The maximum absolute atomic E-state index is 5.50. The van der Waals surface area contributed by atoms with E-state index in [-0.39, 0.29) is 0 Å². The van der Waals surface area contributed by atoms with E-state index in [4.69, 9.17) is 12.2 Å². The lowest BCUT2D eigenvalue weighted by Crippen LogP contribution is -2.45. The van der Waals surface area contributed by atoms with Gasteiger partial charge in [0.25, 0.3) is 0 Å². The van der Waals surface area contributed by atoms with Gasteiger partial charge in [-0.3, -0.25) is 0 Å². The van der Waals surface area contributed by atoms with Crippen LogP contribution in [0, 0.1) is 0 Å². The Morgan fingerprint density at radius 1 is 1.14 bits per heavy atom. The van der Waals surface area contributed by atoms with Crippen LogP contribution < -0.4 is 10.6 Å². The topological polar surface area (TPSA) is 27.3 Å². The Bertz CT molecular complexity index is 642. The molecule has 116 valence electrons. The summed E-state index contributed by atoms with van der Waals surface area (Å²) in [5, 5.41) is 9.99. The second-order valence-corrected chi connectivity index (χ2v) is 6.24. The van der Waals surface area contributed by atoms with Crippen molar-refractivity contribution in [1.29, 1.82) is 0 Å². The molecule has 3 rings (SSSR count). The summed E-state index contributed by atoms with van der Waals surface area (Å²) in [6, 6.07) is 15.1. The monoisotopic (exact) mass is 313 g/mol. The SMILES string of the molecule is CCN1CCC(NC(=S)Nc2cccc3ccccc23)CC1. The van der Waals surface area contributed by atoms with Crippen molar-refractivity contribution in [3.05, 3.63) is 42.5 Å². The smallest absolute Gasteiger partial charge is 0.171 e. The fourth-order valence-electron chi connectivity index (χ4n) is 3.07. The standard InChI is InChI=1S/C18H23N3S/c1-2-21-12-10-15(11-13-21)19-18(22)20-17-9-5-7-14-6-3-4-8-16(14)17/h3-9,15H,2,10-13H2,1H3,(H2,19,20,22). The maximum Gasteiger partial charge on any atom is 0.171 e. The molecule has 2 aromatic rings. The zero-order valence-electron chi connectivity index (χ0n) is 13.0. The first-order valence-electron chi connectivity index (χ1n) is 8.04. The van der Waals surface area contributed by atoms with Crippen molar-refractivity contribution in [2.45, 2.75) is 25.8 Å². The minimum atomic E-state index is 0.484. The van der Waals surface area contributed by atoms with Gasteiger partial charge in [0, 0.05) is 30.2 Å². The number of rotatable bonds is 3. The van der Waals surface area contributed by atoms with Gasteiger partial charge in [-0.05, 0) is 43.1 Å². The average Bonchev–Trinajstić information content (AvgIpc) is 2.56. The molecule has 4 heteroatoms. The number of likely N-dealkylation sites (tertiary alicyclic amines) is 1. The van der Waals surface area contributed by atoms with E-state index in [2.05, 4.69) is 64.9 Å². The van der Waals surface area contributed by atoms with E-state index in [0.717, 1.165) is 43.3 Å². The zero-order chi connectivity index (χ0) is 15.4. The van der Waals surface area contributed by atoms with Crippen molar-refractivity contribution in [1.82, 2.24) is 10.2 Å². The Labute approximate surface area is 137 Å². The summed E-state index contributed by atoms with van der Waals surface area (Å²) < 4.78 is 0. The predicted octanol–water partition coefficient (Wildman–Crippen LogP) is 3.61. The Morgan fingerprint density at radius 3 is 2.64 bits per heavy atom. The van der Waals surface area contributed by atoms with E-state index in [9.17, 15) is 0 Å². The Hall–Kier alpha value is -1.65. The summed E-state index contributed by atoms with van der Waals surface area (Å²) in [6.07, 6.45) is 2.32. The molecule has 0 unspecified atom stereocenters. The van der Waals surface area contributed by atoms with Gasteiger partial charge in [0.2, 0.25) is 0 Å². The van der Waals surface area contributed by atoms with Crippen molar-refractivity contribution in [2.75, 3.05) is 25.0 Å². The molecule has 0 saturated carbocycles. The van der Waals surface area contributed by atoms with Crippen LogP contribution in [-0.4, -0.2) is 35.7 Å². The molecular weight excluding hydrogens is 290 g/mol. The van der Waals surface area contributed by atoms with Crippen LogP contribution in [0.4, 0.5) is 5.69 Å². The van der Waals surface area contributed by atoms with E-state index in [0.29, 0.717) is 6.04 Å². The first-order chi connectivity index (χ1) is 10.8. The Morgan fingerprint density at radius 2 is 1.86 bits per heavy atom. The molecule has 0 aliphatic carbocycles.